The minimum absolute atomic E-state index is 0.0467. The molecule has 0 aliphatic carbocycles. The van der Waals surface area contributed by atoms with Crippen molar-refractivity contribution >= 4 is 40.3 Å². The first-order valence-electron chi connectivity index (χ1n) is 11.0. The summed E-state index contributed by atoms with van der Waals surface area (Å²) in [7, 11) is 3.36. The highest BCUT2D eigenvalue weighted by Gasteiger charge is 2.30. The number of ether oxygens (including phenoxy) is 3. The summed E-state index contributed by atoms with van der Waals surface area (Å²) in [5, 5.41) is 0.650. The van der Waals surface area contributed by atoms with Crippen molar-refractivity contribution in [1.29, 1.82) is 0 Å². The summed E-state index contributed by atoms with van der Waals surface area (Å²) in [6, 6.07) is 13.8. The lowest BCUT2D eigenvalue weighted by molar-refractivity contribution is -0.121. The second-order valence-electron chi connectivity index (χ2n) is 8.06. The molecule has 0 radical (unpaired) electrons. The lowest BCUT2D eigenvalue weighted by Crippen LogP contribution is -2.36. The van der Waals surface area contributed by atoms with E-state index in [1.54, 1.807) is 19.1 Å². The van der Waals surface area contributed by atoms with E-state index < -0.39 is 0 Å². The number of anilines is 1. The maximum atomic E-state index is 12.8. The van der Waals surface area contributed by atoms with Crippen molar-refractivity contribution in [1.82, 2.24) is 4.90 Å². The maximum absolute atomic E-state index is 12.8. The summed E-state index contributed by atoms with van der Waals surface area (Å²) < 4.78 is 16.7. The number of carbonyl (C=O) groups excluding carboxylic acids is 1. The Bertz CT molecular complexity index is 1060. The van der Waals surface area contributed by atoms with Crippen LogP contribution in [0.5, 0.6) is 11.5 Å². The van der Waals surface area contributed by atoms with Gasteiger partial charge < -0.3 is 19.1 Å². The van der Waals surface area contributed by atoms with Crippen molar-refractivity contribution in [2.75, 3.05) is 45.4 Å². The van der Waals surface area contributed by atoms with Crippen LogP contribution in [-0.4, -0.2) is 62.5 Å². The van der Waals surface area contributed by atoms with Gasteiger partial charge in [-0.1, -0.05) is 6.07 Å². The molecule has 1 amide bonds. The predicted molar refractivity (Wildman–Crippen MR) is 134 cm³/mol. The van der Waals surface area contributed by atoms with E-state index >= 15 is 0 Å². The van der Waals surface area contributed by atoms with E-state index in [-0.39, 0.29) is 12.0 Å². The first kappa shape index (κ1) is 23.2. The van der Waals surface area contributed by atoms with Gasteiger partial charge in [-0.25, -0.2) is 4.99 Å². The molecule has 33 heavy (non-hydrogen) atoms. The summed E-state index contributed by atoms with van der Waals surface area (Å²) in [5.74, 6) is 1.24. The summed E-state index contributed by atoms with van der Waals surface area (Å²) in [4.78, 5) is 22.0. The van der Waals surface area contributed by atoms with Crippen LogP contribution >= 0.6 is 11.8 Å². The molecule has 4 rings (SSSR count). The Kier molecular flexibility index (Phi) is 7.25. The van der Waals surface area contributed by atoms with Gasteiger partial charge in [0, 0.05) is 25.8 Å². The molecular weight excluding hydrogens is 438 g/mol. The van der Waals surface area contributed by atoms with E-state index in [1.807, 2.05) is 50.3 Å². The smallest absolute Gasteiger partial charge is 0.266 e. The number of hydrogen-bond acceptors (Lipinski definition) is 7. The molecule has 0 N–H and O–H groups in total. The van der Waals surface area contributed by atoms with Crippen molar-refractivity contribution in [3.05, 3.63) is 52.9 Å². The van der Waals surface area contributed by atoms with Gasteiger partial charge in [0.2, 0.25) is 0 Å². The summed E-state index contributed by atoms with van der Waals surface area (Å²) in [6.07, 6.45) is 1.90. The Labute approximate surface area is 199 Å². The van der Waals surface area contributed by atoms with E-state index in [4.69, 9.17) is 19.2 Å². The van der Waals surface area contributed by atoms with Crippen LogP contribution in [0.25, 0.3) is 6.08 Å². The van der Waals surface area contributed by atoms with Gasteiger partial charge in [-0.05, 0) is 73.6 Å². The molecule has 2 aromatic carbocycles. The number of nitrogens with zero attached hydrogens (tertiary/aromatic N) is 3. The van der Waals surface area contributed by atoms with E-state index in [9.17, 15) is 4.79 Å². The molecule has 7 nitrogen and oxygen atoms in total. The first-order chi connectivity index (χ1) is 15.9. The number of amides is 1. The number of carbonyl (C=O) groups is 1. The number of morpholine rings is 1. The molecule has 0 saturated carbocycles. The Balaban J connectivity index is 1.51. The zero-order valence-electron chi connectivity index (χ0n) is 19.4. The van der Waals surface area contributed by atoms with Crippen LogP contribution in [-0.2, 0) is 9.53 Å². The Morgan fingerprint density at radius 1 is 1.09 bits per heavy atom. The molecule has 2 heterocycles. The number of rotatable bonds is 6. The average Bonchev–Trinajstić information content (AvgIpc) is 3.08. The third-order valence-corrected chi connectivity index (χ3v) is 6.36. The van der Waals surface area contributed by atoms with E-state index in [0.29, 0.717) is 21.6 Å². The minimum Gasteiger partial charge on any atom is -0.493 e. The fraction of sp³-hybridized carbons (Fsp3) is 0.360. The van der Waals surface area contributed by atoms with Crippen LogP contribution in [0.4, 0.5) is 11.4 Å². The van der Waals surface area contributed by atoms with Gasteiger partial charge >= 0.3 is 0 Å². The van der Waals surface area contributed by atoms with Crippen molar-refractivity contribution < 1.29 is 19.0 Å². The summed E-state index contributed by atoms with van der Waals surface area (Å²) in [6.45, 7) is 7.23. The normalized spacial score (nSPS) is 19.1. The molecule has 2 fully saturated rings. The van der Waals surface area contributed by atoms with Gasteiger partial charge in [0.05, 0.1) is 37.0 Å². The number of likely N-dealkylation sites (N-methyl/N-ethyl adjacent to an activating group) is 1. The average molecular weight is 468 g/mol. The van der Waals surface area contributed by atoms with Crippen LogP contribution in [0.1, 0.15) is 19.4 Å². The molecule has 174 valence electrons. The van der Waals surface area contributed by atoms with Crippen molar-refractivity contribution in [3.8, 4) is 11.5 Å². The molecule has 0 bridgehead atoms. The van der Waals surface area contributed by atoms with E-state index in [1.165, 1.54) is 11.8 Å². The highest BCUT2D eigenvalue weighted by Crippen LogP contribution is 2.35. The molecule has 0 aromatic heterocycles. The maximum Gasteiger partial charge on any atom is 0.266 e. The van der Waals surface area contributed by atoms with Crippen LogP contribution in [0, 0.1) is 0 Å². The monoisotopic (exact) mass is 467 g/mol. The van der Waals surface area contributed by atoms with Crippen LogP contribution in [0.15, 0.2) is 52.4 Å². The molecule has 2 aliphatic heterocycles. The number of methoxy groups -OCH3 is 1. The van der Waals surface area contributed by atoms with Crippen molar-refractivity contribution in [2.24, 2.45) is 4.99 Å². The molecule has 0 unspecified atom stereocenters. The lowest BCUT2D eigenvalue weighted by Gasteiger charge is -2.28. The highest BCUT2D eigenvalue weighted by molar-refractivity contribution is 8.18. The van der Waals surface area contributed by atoms with Gasteiger partial charge in [-0.2, -0.15) is 0 Å². The molecule has 2 saturated heterocycles. The topological polar surface area (TPSA) is 63.6 Å². The second kappa shape index (κ2) is 10.3. The Morgan fingerprint density at radius 2 is 1.82 bits per heavy atom. The van der Waals surface area contributed by atoms with Gasteiger partial charge in [-0.3, -0.25) is 9.69 Å². The molecule has 0 atom stereocenters. The van der Waals surface area contributed by atoms with Gasteiger partial charge in [0.15, 0.2) is 16.7 Å². The second-order valence-corrected chi connectivity index (χ2v) is 9.07. The lowest BCUT2D eigenvalue weighted by atomic mass is 10.2. The molecule has 2 aliphatic rings. The van der Waals surface area contributed by atoms with Crippen molar-refractivity contribution in [3.63, 3.8) is 0 Å². The summed E-state index contributed by atoms with van der Waals surface area (Å²) in [5.41, 5.74) is 2.83. The van der Waals surface area contributed by atoms with Gasteiger partial charge in [0.25, 0.3) is 5.91 Å². The minimum atomic E-state index is -0.0786. The van der Waals surface area contributed by atoms with Gasteiger partial charge in [-0.15, -0.1) is 0 Å². The predicted octanol–water partition coefficient (Wildman–Crippen LogP) is 4.55. The SMILES string of the molecule is COc1cc(C=C2SC(=Nc3ccc(N4CCOCC4)cc3)N(C)C2=O)ccc1OC(C)C. The third-order valence-electron chi connectivity index (χ3n) is 5.30. The fourth-order valence-electron chi connectivity index (χ4n) is 3.60. The molecular formula is C25H29N3O4S. The Hall–Kier alpha value is -2.97. The van der Waals surface area contributed by atoms with Crippen LogP contribution < -0.4 is 14.4 Å². The van der Waals surface area contributed by atoms with Gasteiger partial charge in [0.1, 0.15) is 0 Å². The van der Waals surface area contributed by atoms with E-state index in [0.717, 1.165) is 43.2 Å². The van der Waals surface area contributed by atoms with Crippen LogP contribution in [0.3, 0.4) is 0 Å². The first-order valence-corrected chi connectivity index (χ1v) is 11.8. The standard InChI is InChI=1S/C25H29N3O4S/c1-17(2)32-21-10-5-18(15-22(21)30-4)16-23-24(29)27(3)25(33-23)26-19-6-8-20(9-7-19)28-11-13-31-14-12-28/h5-10,15-17H,11-14H2,1-4H3. The zero-order valence-corrected chi connectivity index (χ0v) is 20.2. The third kappa shape index (κ3) is 5.51. The molecule has 8 heteroatoms. The number of amidine groups is 1. The molecule has 2 aromatic rings. The Morgan fingerprint density at radius 3 is 2.48 bits per heavy atom. The van der Waals surface area contributed by atoms with E-state index in [2.05, 4.69) is 17.0 Å². The molecule has 0 spiro atoms. The fourth-order valence-corrected chi connectivity index (χ4v) is 4.59. The van der Waals surface area contributed by atoms with Crippen molar-refractivity contribution in [2.45, 2.75) is 20.0 Å². The number of thioether (sulfide) groups is 1. The summed E-state index contributed by atoms with van der Waals surface area (Å²) >= 11 is 1.37. The largest absolute Gasteiger partial charge is 0.493 e. The number of hydrogen-bond donors (Lipinski definition) is 0. The quantitative estimate of drug-likeness (QED) is 0.581. The number of aliphatic imine (C=N–C) groups is 1. The zero-order chi connectivity index (χ0) is 23.4. The number of benzene rings is 2. The highest BCUT2D eigenvalue weighted by atomic mass is 32.2. The van der Waals surface area contributed by atoms with Crippen LogP contribution in [0.2, 0.25) is 0 Å².